The average Bonchev–Trinajstić information content (AvgIpc) is 2.56. The Morgan fingerprint density at radius 1 is 1.12 bits per heavy atom. The van der Waals surface area contributed by atoms with Crippen molar-refractivity contribution >= 4 is 27.6 Å². The van der Waals surface area contributed by atoms with Crippen molar-refractivity contribution in [2.45, 2.75) is 19.9 Å². The second-order valence-electron chi connectivity index (χ2n) is 5.41. The number of ether oxygens (including phenoxy) is 2. The summed E-state index contributed by atoms with van der Waals surface area (Å²) in [7, 11) is 3.20. The number of urea groups is 1. The van der Waals surface area contributed by atoms with E-state index in [2.05, 4.69) is 26.6 Å². The van der Waals surface area contributed by atoms with E-state index >= 15 is 0 Å². The molecule has 0 radical (unpaired) electrons. The second-order valence-corrected chi connectivity index (χ2v) is 6.27. The third-order valence-electron chi connectivity index (χ3n) is 3.62. The molecule has 0 saturated heterocycles. The van der Waals surface area contributed by atoms with Crippen LogP contribution in [0.5, 0.6) is 11.5 Å². The summed E-state index contributed by atoms with van der Waals surface area (Å²) in [4.78, 5) is 12.3. The van der Waals surface area contributed by atoms with Crippen LogP contribution in [0.15, 0.2) is 40.9 Å². The molecule has 1 unspecified atom stereocenters. The first-order valence-corrected chi connectivity index (χ1v) is 8.29. The van der Waals surface area contributed by atoms with Gasteiger partial charge in [0, 0.05) is 10.0 Å². The highest BCUT2D eigenvalue weighted by Crippen LogP contribution is 2.29. The molecule has 2 aromatic rings. The third-order valence-corrected chi connectivity index (χ3v) is 4.28. The highest BCUT2D eigenvalue weighted by atomic mass is 79.9. The van der Waals surface area contributed by atoms with Crippen LogP contribution in [0.4, 0.5) is 10.5 Å². The average molecular weight is 393 g/mol. The van der Waals surface area contributed by atoms with Crippen LogP contribution in [-0.4, -0.2) is 20.3 Å². The topological polar surface area (TPSA) is 59.6 Å². The molecule has 0 saturated carbocycles. The lowest BCUT2D eigenvalue weighted by molar-refractivity contribution is 0.249. The van der Waals surface area contributed by atoms with E-state index in [1.54, 1.807) is 14.2 Å². The van der Waals surface area contributed by atoms with Crippen LogP contribution in [0.1, 0.15) is 24.1 Å². The number of methoxy groups -OCH3 is 2. The molecule has 1 atom stereocenters. The van der Waals surface area contributed by atoms with Crippen molar-refractivity contribution in [3.8, 4) is 11.5 Å². The smallest absolute Gasteiger partial charge is 0.319 e. The Morgan fingerprint density at radius 3 is 2.50 bits per heavy atom. The Bertz CT molecular complexity index is 734. The van der Waals surface area contributed by atoms with Crippen molar-refractivity contribution in [1.82, 2.24) is 5.32 Å². The fourth-order valence-electron chi connectivity index (χ4n) is 2.33. The van der Waals surface area contributed by atoms with E-state index in [4.69, 9.17) is 9.47 Å². The Hall–Kier alpha value is -2.21. The molecule has 0 aromatic heterocycles. The number of nitrogens with one attached hydrogen (secondary N) is 2. The van der Waals surface area contributed by atoms with E-state index in [-0.39, 0.29) is 12.1 Å². The molecule has 0 fully saturated rings. The van der Waals surface area contributed by atoms with Gasteiger partial charge in [-0.3, -0.25) is 0 Å². The Balaban J connectivity index is 2.11. The molecule has 0 heterocycles. The van der Waals surface area contributed by atoms with Crippen molar-refractivity contribution in [2.24, 2.45) is 0 Å². The zero-order valence-electron chi connectivity index (χ0n) is 14.1. The van der Waals surface area contributed by atoms with Crippen LogP contribution in [0.3, 0.4) is 0 Å². The van der Waals surface area contributed by atoms with Crippen molar-refractivity contribution in [3.05, 3.63) is 52.0 Å². The first-order valence-electron chi connectivity index (χ1n) is 7.50. The first-order chi connectivity index (χ1) is 11.4. The van der Waals surface area contributed by atoms with E-state index in [0.717, 1.165) is 15.6 Å². The number of hydrogen-bond donors (Lipinski definition) is 2. The zero-order chi connectivity index (χ0) is 17.7. The predicted molar refractivity (Wildman–Crippen MR) is 99.0 cm³/mol. The van der Waals surface area contributed by atoms with Crippen LogP contribution in [-0.2, 0) is 0 Å². The van der Waals surface area contributed by atoms with E-state index in [0.29, 0.717) is 17.2 Å². The zero-order valence-corrected chi connectivity index (χ0v) is 15.7. The van der Waals surface area contributed by atoms with Crippen molar-refractivity contribution < 1.29 is 14.3 Å². The van der Waals surface area contributed by atoms with Gasteiger partial charge < -0.3 is 20.1 Å². The molecule has 0 aliphatic heterocycles. The standard InChI is InChI=1S/C18H21BrN2O3/c1-11-5-7-16(15(19)9-11)21-18(22)20-12(2)14-10-13(23-3)6-8-17(14)24-4/h5-10,12H,1-4H3,(H2,20,21,22). The molecule has 5 nitrogen and oxygen atoms in total. The quantitative estimate of drug-likeness (QED) is 0.777. The minimum absolute atomic E-state index is 0.251. The van der Waals surface area contributed by atoms with Crippen LogP contribution >= 0.6 is 15.9 Å². The number of carbonyl (C=O) groups is 1. The molecule has 0 aliphatic rings. The summed E-state index contributed by atoms with van der Waals surface area (Å²) in [6, 6.07) is 10.7. The molecule has 0 aliphatic carbocycles. The highest BCUT2D eigenvalue weighted by Gasteiger charge is 2.16. The summed E-state index contributed by atoms with van der Waals surface area (Å²) in [5.74, 6) is 1.40. The van der Waals surface area contributed by atoms with Gasteiger partial charge in [0.25, 0.3) is 0 Å². The number of benzene rings is 2. The van der Waals surface area contributed by atoms with Gasteiger partial charge in [-0.05, 0) is 65.7 Å². The maximum atomic E-state index is 12.3. The molecular formula is C18H21BrN2O3. The second kappa shape index (κ2) is 8.06. The van der Waals surface area contributed by atoms with Crippen LogP contribution in [0.2, 0.25) is 0 Å². The number of carbonyl (C=O) groups excluding carboxylic acids is 1. The molecule has 24 heavy (non-hydrogen) atoms. The monoisotopic (exact) mass is 392 g/mol. The molecule has 2 N–H and O–H groups in total. The number of hydrogen-bond acceptors (Lipinski definition) is 3. The van der Waals surface area contributed by atoms with Gasteiger partial charge in [0.2, 0.25) is 0 Å². The predicted octanol–water partition coefficient (Wildman–Crippen LogP) is 4.66. The van der Waals surface area contributed by atoms with E-state index in [1.165, 1.54) is 0 Å². The maximum absolute atomic E-state index is 12.3. The highest BCUT2D eigenvalue weighted by molar-refractivity contribution is 9.10. The fraction of sp³-hybridized carbons (Fsp3) is 0.278. The van der Waals surface area contributed by atoms with E-state index in [1.807, 2.05) is 50.2 Å². The van der Waals surface area contributed by atoms with Gasteiger partial charge in [0.15, 0.2) is 0 Å². The molecule has 128 valence electrons. The third kappa shape index (κ3) is 4.41. The maximum Gasteiger partial charge on any atom is 0.319 e. The van der Waals surface area contributed by atoms with E-state index in [9.17, 15) is 4.79 Å². The largest absolute Gasteiger partial charge is 0.497 e. The lowest BCUT2D eigenvalue weighted by Crippen LogP contribution is -2.31. The molecule has 2 amide bonds. The molecule has 0 bridgehead atoms. The summed E-state index contributed by atoms with van der Waals surface area (Å²) in [5.41, 5.74) is 2.67. The number of rotatable bonds is 5. The van der Waals surface area contributed by atoms with Gasteiger partial charge in [-0.1, -0.05) is 6.07 Å². The van der Waals surface area contributed by atoms with Gasteiger partial charge in [0.1, 0.15) is 11.5 Å². The minimum Gasteiger partial charge on any atom is -0.497 e. The number of anilines is 1. The summed E-state index contributed by atoms with van der Waals surface area (Å²) in [6.45, 7) is 3.88. The summed E-state index contributed by atoms with van der Waals surface area (Å²) >= 11 is 3.45. The SMILES string of the molecule is COc1ccc(OC)c(C(C)NC(=O)Nc2ccc(C)cc2Br)c1. The summed E-state index contributed by atoms with van der Waals surface area (Å²) in [6.07, 6.45) is 0. The minimum atomic E-state index is -0.295. The van der Waals surface area contributed by atoms with Crippen molar-refractivity contribution in [1.29, 1.82) is 0 Å². The van der Waals surface area contributed by atoms with Crippen LogP contribution < -0.4 is 20.1 Å². The van der Waals surface area contributed by atoms with Crippen LogP contribution in [0.25, 0.3) is 0 Å². The van der Waals surface area contributed by atoms with Crippen molar-refractivity contribution in [2.75, 3.05) is 19.5 Å². The van der Waals surface area contributed by atoms with Crippen molar-refractivity contribution in [3.63, 3.8) is 0 Å². The van der Waals surface area contributed by atoms with Gasteiger partial charge in [-0.15, -0.1) is 0 Å². The molecule has 2 aromatic carbocycles. The Kier molecular flexibility index (Phi) is 6.09. The first kappa shape index (κ1) is 18.1. The van der Waals surface area contributed by atoms with Crippen LogP contribution in [0, 0.1) is 6.92 Å². The molecular weight excluding hydrogens is 372 g/mol. The number of amides is 2. The lowest BCUT2D eigenvalue weighted by Gasteiger charge is -2.19. The summed E-state index contributed by atoms with van der Waals surface area (Å²) < 4.78 is 11.4. The Morgan fingerprint density at radius 2 is 1.88 bits per heavy atom. The Labute approximate surface area is 150 Å². The fourth-order valence-corrected chi connectivity index (χ4v) is 2.92. The normalized spacial score (nSPS) is 11.5. The number of halogens is 1. The molecule has 2 rings (SSSR count). The van der Waals surface area contributed by atoms with E-state index < -0.39 is 0 Å². The lowest BCUT2D eigenvalue weighted by atomic mass is 10.1. The van der Waals surface area contributed by atoms with Gasteiger partial charge in [0.05, 0.1) is 25.9 Å². The number of aryl methyl sites for hydroxylation is 1. The summed E-state index contributed by atoms with van der Waals surface area (Å²) in [5, 5.41) is 5.74. The molecule has 0 spiro atoms. The van der Waals surface area contributed by atoms with Gasteiger partial charge >= 0.3 is 6.03 Å². The molecule has 6 heteroatoms. The van der Waals surface area contributed by atoms with Gasteiger partial charge in [-0.25, -0.2) is 4.79 Å². The van der Waals surface area contributed by atoms with Gasteiger partial charge in [-0.2, -0.15) is 0 Å².